The number of amides is 1. The van der Waals surface area contributed by atoms with Crippen molar-refractivity contribution in [2.45, 2.75) is 31.2 Å². The summed E-state index contributed by atoms with van der Waals surface area (Å²) in [4.78, 5) is 11.4. The fraction of sp³-hybridized carbons (Fsp3) is 0.727. The highest BCUT2D eigenvalue weighted by Crippen LogP contribution is 2.04. The number of hydrogen-bond acceptors (Lipinski definition) is 4. The summed E-state index contributed by atoms with van der Waals surface area (Å²) in [6.45, 7) is -1.51. The lowest BCUT2D eigenvalue weighted by Gasteiger charge is -2.28. The Hall–Kier alpha value is -1.09. The van der Waals surface area contributed by atoms with Gasteiger partial charge >= 0.3 is 0 Å². The van der Waals surface area contributed by atoms with Crippen LogP contribution in [0, 0.1) is 12.3 Å². The molecular weight excluding hydrogens is 210 g/mol. The molecule has 0 aliphatic rings. The molecule has 92 valence electrons. The molecule has 0 saturated heterocycles. The number of carbonyl (C=O) groups excluding carboxylic acids is 1. The largest absolute Gasteiger partial charge is 0.394 e. The molecule has 0 bridgehead atoms. The van der Waals surface area contributed by atoms with Crippen molar-refractivity contribution in [1.29, 1.82) is 0 Å². The summed E-state index contributed by atoms with van der Waals surface area (Å²) in [6, 6.07) is 0. The average molecular weight is 229 g/mol. The second-order valence-electron chi connectivity index (χ2n) is 3.71. The normalized spacial score (nSPS) is 10.9. The molecule has 0 atom stereocenters. The Morgan fingerprint density at radius 3 is 2.19 bits per heavy atom. The molecule has 0 fully saturated rings. The molecule has 0 spiro atoms. The van der Waals surface area contributed by atoms with Crippen LogP contribution in [0.15, 0.2) is 0 Å². The SMILES string of the molecule is C#CCCCCC(=O)NC(CO)(CO)CO. The zero-order valence-corrected chi connectivity index (χ0v) is 9.28. The number of terminal acetylenes is 1. The number of aliphatic hydroxyl groups excluding tert-OH is 3. The van der Waals surface area contributed by atoms with Gasteiger partial charge in [0.2, 0.25) is 5.91 Å². The average Bonchev–Trinajstić information content (AvgIpc) is 2.32. The second-order valence-corrected chi connectivity index (χ2v) is 3.71. The van der Waals surface area contributed by atoms with Gasteiger partial charge in [-0.3, -0.25) is 4.79 Å². The van der Waals surface area contributed by atoms with Crippen LogP contribution < -0.4 is 5.32 Å². The molecule has 0 aromatic heterocycles. The number of aliphatic hydroxyl groups is 3. The van der Waals surface area contributed by atoms with Crippen molar-refractivity contribution in [2.24, 2.45) is 0 Å². The maximum absolute atomic E-state index is 11.4. The third-order valence-electron chi connectivity index (χ3n) is 2.29. The van der Waals surface area contributed by atoms with Gasteiger partial charge < -0.3 is 20.6 Å². The molecule has 0 aromatic carbocycles. The summed E-state index contributed by atoms with van der Waals surface area (Å²) in [5.74, 6) is 2.16. The van der Waals surface area contributed by atoms with E-state index in [9.17, 15) is 4.79 Å². The van der Waals surface area contributed by atoms with Gasteiger partial charge in [-0.05, 0) is 12.8 Å². The maximum Gasteiger partial charge on any atom is 0.220 e. The topological polar surface area (TPSA) is 89.8 Å². The fourth-order valence-electron chi connectivity index (χ4n) is 1.14. The Labute approximate surface area is 95.5 Å². The monoisotopic (exact) mass is 229 g/mol. The predicted molar refractivity (Wildman–Crippen MR) is 59.4 cm³/mol. The zero-order chi connectivity index (χ0) is 12.4. The number of hydrogen-bond donors (Lipinski definition) is 4. The summed E-state index contributed by atoms with van der Waals surface area (Å²) < 4.78 is 0. The van der Waals surface area contributed by atoms with Crippen molar-refractivity contribution in [1.82, 2.24) is 5.32 Å². The molecule has 16 heavy (non-hydrogen) atoms. The van der Waals surface area contributed by atoms with Gasteiger partial charge in [0.1, 0.15) is 5.54 Å². The molecule has 5 nitrogen and oxygen atoms in total. The van der Waals surface area contributed by atoms with E-state index < -0.39 is 25.4 Å². The number of nitrogens with one attached hydrogen (secondary N) is 1. The van der Waals surface area contributed by atoms with E-state index in [1.165, 1.54) is 0 Å². The second kappa shape index (κ2) is 8.11. The van der Waals surface area contributed by atoms with Crippen molar-refractivity contribution in [2.75, 3.05) is 19.8 Å². The maximum atomic E-state index is 11.4. The van der Waals surface area contributed by atoms with E-state index in [2.05, 4.69) is 11.2 Å². The summed E-state index contributed by atoms with van der Waals surface area (Å²) >= 11 is 0. The van der Waals surface area contributed by atoms with Gasteiger partial charge in [0.25, 0.3) is 0 Å². The lowest BCUT2D eigenvalue weighted by molar-refractivity contribution is -0.125. The van der Waals surface area contributed by atoms with Crippen molar-refractivity contribution in [3.63, 3.8) is 0 Å². The highest BCUT2D eigenvalue weighted by atomic mass is 16.3. The van der Waals surface area contributed by atoms with E-state index in [0.717, 1.165) is 6.42 Å². The molecule has 1 amide bonds. The van der Waals surface area contributed by atoms with Crippen molar-refractivity contribution >= 4 is 5.91 Å². The highest BCUT2D eigenvalue weighted by Gasteiger charge is 2.29. The van der Waals surface area contributed by atoms with Crippen LogP contribution in [-0.4, -0.2) is 46.6 Å². The van der Waals surface area contributed by atoms with Gasteiger partial charge in [-0.15, -0.1) is 12.3 Å². The Kier molecular flexibility index (Phi) is 7.56. The number of carbonyl (C=O) groups is 1. The lowest BCUT2D eigenvalue weighted by atomic mass is 10.0. The molecule has 0 aliphatic heterocycles. The molecular formula is C11H19NO4. The van der Waals surface area contributed by atoms with Gasteiger partial charge in [0, 0.05) is 12.8 Å². The van der Waals surface area contributed by atoms with Crippen LogP contribution in [0.3, 0.4) is 0 Å². The lowest BCUT2D eigenvalue weighted by Crippen LogP contribution is -2.57. The van der Waals surface area contributed by atoms with Gasteiger partial charge in [0.05, 0.1) is 19.8 Å². The van der Waals surface area contributed by atoms with E-state index in [-0.39, 0.29) is 12.3 Å². The molecule has 0 rings (SSSR count). The minimum Gasteiger partial charge on any atom is -0.394 e. The van der Waals surface area contributed by atoms with E-state index >= 15 is 0 Å². The van der Waals surface area contributed by atoms with Crippen LogP contribution in [0.25, 0.3) is 0 Å². The van der Waals surface area contributed by atoms with Crippen LogP contribution >= 0.6 is 0 Å². The first kappa shape index (κ1) is 14.9. The first-order valence-corrected chi connectivity index (χ1v) is 5.21. The summed E-state index contributed by atoms with van der Waals surface area (Å²) in [7, 11) is 0. The smallest absolute Gasteiger partial charge is 0.220 e. The zero-order valence-electron chi connectivity index (χ0n) is 9.28. The Balaban J connectivity index is 3.97. The summed E-state index contributed by atoms with van der Waals surface area (Å²) in [5, 5.41) is 29.3. The summed E-state index contributed by atoms with van der Waals surface area (Å²) in [5.41, 5.74) is -1.33. The van der Waals surface area contributed by atoms with E-state index in [0.29, 0.717) is 12.8 Å². The summed E-state index contributed by atoms with van der Waals surface area (Å²) in [6.07, 6.45) is 7.36. The molecule has 0 heterocycles. The van der Waals surface area contributed by atoms with E-state index in [1.807, 2.05) is 0 Å². The number of rotatable bonds is 8. The van der Waals surface area contributed by atoms with E-state index in [1.54, 1.807) is 0 Å². The van der Waals surface area contributed by atoms with Gasteiger partial charge in [-0.1, -0.05) is 0 Å². The molecule has 5 heteroatoms. The van der Waals surface area contributed by atoms with Crippen LogP contribution in [0.1, 0.15) is 25.7 Å². The van der Waals surface area contributed by atoms with Gasteiger partial charge in [-0.2, -0.15) is 0 Å². The quantitative estimate of drug-likeness (QED) is 0.318. The molecule has 0 radical (unpaired) electrons. The highest BCUT2D eigenvalue weighted by molar-refractivity contribution is 5.76. The molecule has 4 N–H and O–H groups in total. The number of unbranched alkanes of at least 4 members (excludes halogenated alkanes) is 2. The molecule has 0 unspecified atom stereocenters. The van der Waals surface area contributed by atoms with Gasteiger partial charge in [0.15, 0.2) is 0 Å². The van der Waals surface area contributed by atoms with Gasteiger partial charge in [-0.25, -0.2) is 0 Å². The first-order valence-electron chi connectivity index (χ1n) is 5.21. The molecule has 0 aliphatic carbocycles. The Morgan fingerprint density at radius 2 is 1.75 bits per heavy atom. The van der Waals surface area contributed by atoms with Crippen molar-refractivity contribution in [3.05, 3.63) is 0 Å². The van der Waals surface area contributed by atoms with Crippen molar-refractivity contribution in [3.8, 4) is 12.3 Å². The minimum absolute atomic E-state index is 0.267. The standard InChI is InChI=1S/C11H19NO4/c1-2-3-4-5-6-10(16)12-11(7-13,8-14)9-15/h1,13-15H,3-9H2,(H,12,16). The third kappa shape index (κ3) is 5.12. The van der Waals surface area contributed by atoms with Crippen LogP contribution in [0.2, 0.25) is 0 Å². The van der Waals surface area contributed by atoms with Crippen molar-refractivity contribution < 1.29 is 20.1 Å². The Morgan fingerprint density at radius 1 is 1.19 bits per heavy atom. The minimum atomic E-state index is -1.33. The molecule has 0 saturated carbocycles. The Bertz CT molecular complexity index is 235. The van der Waals surface area contributed by atoms with E-state index in [4.69, 9.17) is 21.7 Å². The molecule has 0 aromatic rings. The fourth-order valence-corrected chi connectivity index (χ4v) is 1.14. The first-order chi connectivity index (χ1) is 7.64. The van der Waals surface area contributed by atoms with Crippen LogP contribution in [-0.2, 0) is 4.79 Å². The van der Waals surface area contributed by atoms with Crippen LogP contribution in [0.5, 0.6) is 0 Å². The van der Waals surface area contributed by atoms with Crippen LogP contribution in [0.4, 0.5) is 0 Å². The third-order valence-corrected chi connectivity index (χ3v) is 2.29. The predicted octanol–water partition coefficient (Wildman–Crippen LogP) is -0.988.